The van der Waals surface area contributed by atoms with Crippen LogP contribution < -0.4 is 16.0 Å². The van der Waals surface area contributed by atoms with Crippen molar-refractivity contribution in [3.8, 4) is 27.6 Å². The van der Waals surface area contributed by atoms with Crippen LogP contribution in [0.3, 0.4) is 0 Å². The van der Waals surface area contributed by atoms with E-state index in [-0.39, 0.29) is 18.6 Å². The number of likely N-dealkylation sites (N-methyl/N-ethyl adjacent to an activating group) is 1. The molecule has 0 atom stereocenters. The van der Waals surface area contributed by atoms with Gasteiger partial charge in [0.25, 0.3) is 5.56 Å². The average molecular weight is 630 g/mol. The molecule has 0 radical (unpaired) electrons. The number of hydrogen-bond donors (Lipinski definition) is 0. The zero-order chi connectivity index (χ0) is 32.6. The monoisotopic (exact) mass is 629 g/mol. The standard InChI is InChI=1S/C34H39N5O5S/c1-9-23-10-13-25(14-11-23)39-30(40)28-22(3)29(24-12-15-26(27(18-24)43-8)37-19-21(2)35-20-37)45-31(28)38(32(39)41)17-16-36(7)33(42)44-34(4,5)6/h10-15,18-20H,9,16-17H2,1-8H3. The first-order valence-corrected chi connectivity index (χ1v) is 15.7. The Balaban J connectivity index is 1.67. The van der Waals surface area contributed by atoms with Crippen LogP contribution in [0.2, 0.25) is 0 Å². The lowest BCUT2D eigenvalue weighted by atomic mass is 10.1. The number of imidazole rings is 1. The van der Waals surface area contributed by atoms with Crippen molar-refractivity contribution in [2.45, 2.75) is 60.1 Å². The number of carbonyl (C=O) groups excluding carboxylic acids is 1. The summed E-state index contributed by atoms with van der Waals surface area (Å²) in [7, 11) is 3.25. The van der Waals surface area contributed by atoms with Gasteiger partial charge in [-0.05, 0) is 82.0 Å². The highest BCUT2D eigenvalue weighted by molar-refractivity contribution is 7.22. The number of methoxy groups -OCH3 is 1. The van der Waals surface area contributed by atoms with Gasteiger partial charge in [-0.2, -0.15) is 0 Å². The highest BCUT2D eigenvalue weighted by Gasteiger charge is 2.24. The van der Waals surface area contributed by atoms with Gasteiger partial charge in [0.1, 0.15) is 16.2 Å². The van der Waals surface area contributed by atoms with E-state index in [1.165, 1.54) is 20.8 Å². The molecule has 0 aliphatic carbocycles. The number of aromatic nitrogens is 4. The molecule has 5 aromatic rings. The van der Waals surface area contributed by atoms with Crippen molar-refractivity contribution >= 4 is 27.6 Å². The Morgan fingerprint density at radius 3 is 2.38 bits per heavy atom. The van der Waals surface area contributed by atoms with Crippen LogP contribution in [0.25, 0.3) is 32.0 Å². The average Bonchev–Trinajstić information content (AvgIpc) is 3.59. The van der Waals surface area contributed by atoms with Crippen LogP contribution in [0.5, 0.6) is 5.75 Å². The molecule has 0 fully saturated rings. The number of aryl methyl sites for hydroxylation is 3. The van der Waals surface area contributed by atoms with Crippen LogP contribution in [0.1, 0.15) is 44.5 Å². The zero-order valence-corrected chi connectivity index (χ0v) is 27.8. The van der Waals surface area contributed by atoms with Crippen molar-refractivity contribution in [2.75, 3.05) is 20.7 Å². The lowest BCUT2D eigenvalue weighted by Gasteiger charge is -2.25. The maximum Gasteiger partial charge on any atom is 0.410 e. The van der Waals surface area contributed by atoms with E-state index in [4.69, 9.17) is 9.47 Å². The number of benzene rings is 2. The summed E-state index contributed by atoms with van der Waals surface area (Å²) in [6.07, 6.45) is 4.01. The minimum Gasteiger partial charge on any atom is -0.495 e. The third-order valence-corrected chi connectivity index (χ3v) is 8.98. The third kappa shape index (κ3) is 6.30. The van der Waals surface area contributed by atoms with Crippen molar-refractivity contribution in [1.82, 2.24) is 23.6 Å². The Hall–Kier alpha value is -4.64. The summed E-state index contributed by atoms with van der Waals surface area (Å²) in [6.45, 7) is 11.7. The molecule has 11 heteroatoms. The van der Waals surface area contributed by atoms with Crippen molar-refractivity contribution in [1.29, 1.82) is 0 Å². The molecular formula is C34H39N5O5S. The molecule has 0 bridgehead atoms. The smallest absolute Gasteiger partial charge is 0.410 e. The number of fused-ring (bicyclic) bond motifs is 1. The molecule has 1 amide bonds. The first-order chi connectivity index (χ1) is 21.3. The number of ether oxygens (including phenoxy) is 2. The number of hydrogen-bond acceptors (Lipinski definition) is 7. The number of rotatable bonds is 8. The number of thiophene rings is 1. The molecule has 2 aromatic carbocycles. The number of amides is 1. The van der Waals surface area contributed by atoms with Gasteiger partial charge in [0.2, 0.25) is 0 Å². The van der Waals surface area contributed by atoms with Crippen molar-refractivity contribution in [3.63, 3.8) is 0 Å². The van der Waals surface area contributed by atoms with Gasteiger partial charge in [0.05, 0.1) is 35.9 Å². The van der Waals surface area contributed by atoms with Gasteiger partial charge in [-0.1, -0.05) is 25.1 Å². The van der Waals surface area contributed by atoms with E-state index in [1.54, 1.807) is 58.0 Å². The molecule has 0 spiro atoms. The van der Waals surface area contributed by atoms with E-state index in [1.807, 2.05) is 54.9 Å². The SMILES string of the molecule is CCc1ccc(-n2c(=O)c3c(C)c(-c4ccc(-n5cnc(C)c5)c(OC)c4)sc3n(CCN(C)C(=O)OC(C)(C)C)c2=O)cc1. The van der Waals surface area contributed by atoms with Crippen LogP contribution >= 0.6 is 11.3 Å². The van der Waals surface area contributed by atoms with Gasteiger partial charge in [-0.3, -0.25) is 9.36 Å². The van der Waals surface area contributed by atoms with Crippen LogP contribution in [0, 0.1) is 13.8 Å². The number of nitrogens with zero attached hydrogens (tertiary/aromatic N) is 5. The highest BCUT2D eigenvalue weighted by atomic mass is 32.1. The zero-order valence-electron chi connectivity index (χ0n) is 27.0. The Morgan fingerprint density at radius 1 is 1.07 bits per heavy atom. The molecule has 10 nitrogen and oxygen atoms in total. The van der Waals surface area contributed by atoms with E-state index >= 15 is 0 Å². The van der Waals surface area contributed by atoms with Crippen molar-refractivity contribution < 1.29 is 14.3 Å². The molecular weight excluding hydrogens is 590 g/mol. The quantitative estimate of drug-likeness (QED) is 0.205. The van der Waals surface area contributed by atoms with Crippen LogP contribution in [0.15, 0.2) is 64.6 Å². The van der Waals surface area contributed by atoms with Gasteiger partial charge in [-0.25, -0.2) is 19.1 Å². The van der Waals surface area contributed by atoms with E-state index in [0.29, 0.717) is 21.7 Å². The van der Waals surface area contributed by atoms with Crippen LogP contribution in [-0.2, 0) is 17.7 Å². The largest absolute Gasteiger partial charge is 0.495 e. The summed E-state index contributed by atoms with van der Waals surface area (Å²) in [5.41, 5.74) is 3.43. The Bertz CT molecular complexity index is 1990. The number of carbonyl (C=O) groups is 1. The van der Waals surface area contributed by atoms with E-state index < -0.39 is 17.4 Å². The van der Waals surface area contributed by atoms with E-state index in [2.05, 4.69) is 11.9 Å². The molecule has 0 aliphatic rings. The second-order valence-corrected chi connectivity index (χ2v) is 13.0. The normalized spacial score (nSPS) is 11.6. The molecule has 0 unspecified atom stereocenters. The van der Waals surface area contributed by atoms with Crippen molar-refractivity contribution in [2.24, 2.45) is 0 Å². The molecule has 5 rings (SSSR count). The molecule has 45 heavy (non-hydrogen) atoms. The maximum atomic E-state index is 14.1. The summed E-state index contributed by atoms with van der Waals surface area (Å²) in [4.78, 5) is 48.1. The second kappa shape index (κ2) is 12.4. The Kier molecular flexibility index (Phi) is 8.75. The van der Waals surface area contributed by atoms with E-state index in [9.17, 15) is 14.4 Å². The topological polar surface area (TPSA) is 101 Å². The molecule has 3 aromatic heterocycles. The first kappa shape index (κ1) is 31.8. The fraction of sp³-hybridized carbons (Fsp3) is 0.353. The van der Waals surface area contributed by atoms with Crippen molar-refractivity contribution in [3.05, 3.63) is 92.6 Å². The molecule has 0 N–H and O–H groups in total. The molecule has 0 aliphatic heterocycles. The van der Waals surface area contributed by atoms with Gasteiger partial charge >= 0.3 is 11.8 Å². The molecule has 0 saturated heterocycles. The lowest BCUT2D eigenvalue weighted by Crippen LogP contribution is -2.41. The summed E-state index contributed by atoms with van der Waals surface area (Å²) in [6, 6.07) is 13.3. The van der Waals surface area contributed by atoms with Gasteiger partial charge < -0.3 is 18.9 Å². The lowest BCUT2D eigenvalue weighted by molar-refractivity contribution is 0.0293. The van der Waals surface area contributed by atoms with Crippen LogP contribution in [-0.4, -0.2) is 56.0 Å². The summed E-state index contributed by atoms with van der Waals surface area (Å²) in [5, 5.41) is 0.461. The molecule has 3 heterocycles. The fourth-order valence-electron chi connectivity index (χ4n) is 5.19. The highest BCUT2D eigenvalue weighted by Crippen LogP contribution is 2.39. The molecule has 0 saturated carbocycles. The predicted octanol–water partition coefficient (Wildman–Crippen LogP) is 6.12. The predicted molar refractivity (Wildman–Crippen MR) is 179 cm³/mol. The van der Waals surface area contributed by atoms with Gasteiger partial charge in [0.15, 0.2) is 0 Å². The maximum absolute atomic E-state index is 14.1. The summed E-state index contributed by atoms with van der Waals surface area (Å²) in [5.74, 6) is 0.645. The summed E-state index contributed by atoms with van der Waals surface area (Å²) >= 11 is 1.38. The summed E-state index contributed by atoms with van der Waals surface area (Å²) < 4.78 is 16.0. The Morgan fingerprint density at radius 2 is 1.78 bits per heavy atom. The van der Waals surface area contributed by atoms with Crippen LogP contribution in [0.4, 0.5) is 4.79 Å². The Labute approximate surface area is 266 Å². The fourth-order valence-corrected chi connectivity index (χ4v) is 6.51. The van der Waals surface area contributed by atoms with Gasteiger partial charge in [-0.15, -0.1) is 11.3 Å². The van der Waals surface area contributed by atoms with Gasteiger partial charge in [0, 0.05) is 31.2 Å². The second-order valence-electron chi connectivity index (χ2n) is 12.0. The third-order valence-electron chi connectivity index (χ3n) is 7.61. The molecule has 236 valence electrons. The minimum atomic E-state index is -0.652. The minimum absolute atomic E-state index is 0.167. The van der Waals surface area contributed by atoms with E-state index in [0.717, 1.165) is 39.4 Å². The first-order valence-electron chi connectivity index (χ1n) is 14.8.